The van der Waals surface area contributed by atoms with Crippen molar-refractivity contribution in [2.45, 2.75) is 24.4 Å². The molecule has 0 amide bonds. The highest BCUT2D eigenvalue weighted by Crippen LogP contribution is 2.35. The summed E-state index contributed by atoms with van der Waals surface area (Å²) in [5.74, 6) is -6.21. The molecule has 1 aromatic rings. The average molecular weight is 358 g/mol. The van der Waals surface area contributed by atoms with Crippen molar-refractivity contribution < 1.29 is 54.1 Å². The van der Waals surface area contributed by atoms with E-state index in [0.29, 0.717) is 0 Å². The quantitative estimate of drug-likeness (QED) is 0.231. The molecular formula is C14H14O11. The van der Waals surface area contributed by atoms with Gasteiger partial charge in [0.1, 0.15) is 6.10 Å². The number of hydrogen-bond acceptors (Lipinski definition) is 11. The summed E-state index contributed by atoms with van der Waals surface area (Å²) in [7, 11) is 0.945. The Balaban J connectivity index is 2.27. The second-order valence-corrected chi connectivity index (χ2v) is 5.05. The number of esters is 3. The number of carbonyl (C=O) groups excluding carboxylic acids is 3. The highest BCUT2D eigenvalue weighted by Gasteiger charge is 2.51. The molecule has 25 heavy (non-hydrogen) atoms. The molecule has 1 heterocycles. The van der Waals surface area contributed by atoms with E-state index in [1.54, 1.807) is 0 Å². The van der Waals surface area contributed by atoms with Crippen LogP contribution in [0.3, 0.4) is 0 Å². The molecule has 1 fully saturated rings. The van der Waals surface area contributed by atoms with Crippen molar-refractivity contribution in [2.24, 2.45) is 0 Å². The van der Waals surface area contributed by atoms with Crippen LogP contribution < -0.4 is 0 Å². The molecule has 2 rings (SSSR count). The Hall–Kier alpha value is -3.05. The van der Waals surface area contributed by atoms with Crippen molar-refractivity contribution in [2.75, 3.05) is 7.11 Å². The van der Waals surface area contributed by atoms with Crippen molar-refractivity contribution in [1.29, 1.82) is 0 Å². The summed E-state index contributed by atoms with van der Waals surface area (Å²) >= 11 is 0. The van der Waals surface area contributed by atoms with Gasteiger partial charge in [0.15, 0.2) is 29.5 Å². The minimum absolute atomic E-state index is 0.457. The van der Waals surface area contributed by atoms with E-state index in [4.69, 9.17) is 4.74 Å². The number of benzene rings is 1. The Morgan fingerprint density at radius 1 is 1.16 bits per heavy atom. The van der Waals surface area contributed by atoms with Gasteiger partial charge >= 0.3 is 17.9 Å². The van der Waals surface area contributed by atoms with Gasteiger partial charge in [-0.1, -0.05) is 0 Å². The molecule has 0 aromatic heterocycles. The molecule has 1 aliphatic heterocycles. The maximum Gasteiger partial charge on any atom is 0.351 e. The van der Waals surface area contributed by atoms with Gasteiger partial charge in [-0.2, -0.15) is 0 Å². The Bertz CT molecular complexity index is 690. The summed E-state index contributed by atoms with van der Waals surface area (Å²) in [6.45, 7) is 0. The van der Waals surface area contributed by atoms with Gasteiger partial charge in [-0.25, -0.2) is 14.4 Å². The molecule has 0 radical (unpaired) electrons. The standard InChI is InChI=1S/C14H14O11/c1-23-14(22)11(10-8(18)9(19)13(21)24-10)25-12(20)4-2-5(15)7(17)6(16)3-4/h2-3,8-11,15-19H,1H3/t8-,9-,10-,11+/m1/s1. The first-order valence-electron chi connectivity index (χ1n) is 6.77. The van der Waals surface area contributed by atoms with Gasteiger partial charge in [0.2, 0.25) is 6.10 Å². The molecular weight excluding hydrogens is 344 g/mol. The number of hydrogen-bond donors (Lipinski definition) is 5. The molecule has 0 spiro atoms. The van der Waals surface area contributed by atoms with Crippen LogP contribution in [0.15, 0.2) is 12.1 Å². The average Bonchev–Trinajstić information content (AvgIpc) is 2.83. The third-order valence-corrected chi connectivity index (χ3v) is 3.43. The molecule has 5 N–H and O–H groups in total. The number of phenolic OH excluding ortho intramolecular Hbond substituents is 3. The van der Waals surface area contributed by atoms with E-state index in [9.17, 15) is 39.9 Å². The predicted octanol–water partition coefficient (Wildman–Crippen LogP) is -1.85. The van der Waals surface area contributed by atoms with Crippen molar-refractivity contribution in [3.05, 3.63) is 17.7 Å². The van der Waals surface area contributed by atoms with Crippen LogP contribution >= 0.6 is 0 Å². The van der Waals surface area contributed by atoms with E-state index in [2.05, 4.69) is 9.47 Å². The van der Waals surface area contributed by atoms with Crippen molar-refractivity contribution in [1.82, 2.24) is 0 Å². The molecule has 11 nitrogen and oxygen atoms in total. The molecule has 0 aliphatic carbocycles. The van der Waals surface area contributed by atoms with Crippen LogP contribution in [0.4, 0.5) is 0 Å². The SMILES string of the molecule is COC(=O)[C@@H](OC(=O)c1cc(O)c(O)c(O)c1)[C@@H]1OC(=O)[C@H](O)[C@H]1O. The zero-order chi connectivity index (χ0) is 18.9. The monoisotopic (exact) mass is 358 g/mol. The summed E-state index contributed by atoms with van der Waals surface area (Å²) < 4.78 is 13.9. The summed E-state index contributed by atoms with van der Waals surface area (Å²) in [5.41, 5.74) is -0.457. The van der Waals surface area contributed by atoms with E-state index >= 15 is 0 Å². The molecule has 0 bridgehead atoms. The topological polar surface area (TPSA) is 180 Å². The van der Waals surface area contributed by atoms with Gasteiger partial charge in [0.25, 0.3) is 0 Å². The number of cyclic esters (lactones) is 1. The number of carbonyl (C=O) groups is 3. The number of methoxy groups -OCH3 is 1. The summed E-state index contributed by atoms with van der Waals surface area (Å²) in [6, 6.07) is 1.50. The number of rotatable bonds is 4. The third kappa shape index (κ3) is 3.41. The smallest absolute Gasteiger partial charge is 0.351 e. The van der Waals surface area contributed by atoms with Crippen LogP contribution in [0.1, 0.15) is 10.4 Å². The minimum Gasteiger partial charge on any atom is -0.504 e. The predicted molar refractivity (Wildman–Crippen MR) is 74.5 cm³/mol. The summed E-state index contributed by atoms with van der Waals surface area (Å²) in [4.78, 5) is 35.2. The lowest BCUT2D eigenvalue weighted by atomic mass is 10.1. The van der Waals surface area contributed by atoms with Crippen LogP contribution in [-0.4, -0.2) is 75.0 Å². The van der Waals surface area contributed by atoms with Gasteiger partial charge in [-0.3, -0.25) is 0 Å². The first-order chi connectivity index (χ1) is 11.7. The van der Waals surface area contributed by atoms with Crippen LogP contribution in [-0.2, 0) is 23.8 Å². The van der Waals surface area contributed by atoms with Gasteiger partial charge in [-0.15, -0.1) is 0 Å². The third-order valence-electron chi connectivity index (χ3n) is 3.43. The van der Waals surface area contributed by atoms with E-state index in [0.717, 1.165) is 19.2 Å². The molecule has 0 saturated carbocycles. The lowest BCUT2D eigenvalue weighted by Crippen LogP contribution is -2.46. The van der Waals surface area contributed by atoms with E-state index in [-0.39, 0.29) is 0 Å². The van der Waals surface area contributed by atoms with Crippen LogP contribution in [0, 0.1) is 0 Å². The number of aromatic hydroxyl groups is 3. The first-order valence-corrected chi connectivity index (χ1v) is 6.77. The second-order valence-electron chi connectivity index (χ2n) is 5.05. The minimum atomic E-state index is -1.93. The number of aliphatic hydroxyl groups is 2. The molecule has 11 heteroatoms. The van der Waals surface area contributed by atoms with E-state index in [1.165, 1.54) is 0 Å². The van der Waals surface area contributed by atoms with Crippen molar-refractivity contribution in [3.63, 3.8) is 0 Å². The molecule has 0 unspecified atom stereocenters. The maximum atomic E-state index is 12.1. The molecule has 1 saturated heterocycles. The Morgan fingerprint density at radius 2 is 1.72 bits per heavy atom. The molecule has 136 valence electrons. The normalized spacial score (nSPS) is 23.6. The van der Waals surface area contributed by atoms with Gasteiger partial charge in [-0.05, 0) is 12.1 Å². The highest BCUT2D eigenvalue weighted by molar-refractivity contribution is 5.93. The second kappa shape index (κ2) is 6.83. The number of phenols is 3. The van der Waals surface area contributed by atoms with E-state index < -0.39 is 65.1 Å². The maximum absolute atomic E-state index is 12.1. The number of aliphatic hydroxyl groups excluding tert-OH is 2. The summed E-state index contributed by atoms with van der Waals surface area (Å²) in [6.07, 6.45) is -7.44. The fourth-order valence-electron chi connectivity index (χ4n) is 2.10. The van der Waals surface area contributed by atoms with Crippen molar-refractivity contribution in [3.8, 4) is 17.2 Å². The fraction of sp³-hybridized carbons (Fsp3) is 0.357. The Labute approximate surface area is 139 Å². The zero-order valence-corrected chi connectivity index (χ0v) is 12.6. The van der Waals surface area contributed by atoms with Crippen molar-refractivity contribution >= 4 is 17.9 Å². The largest absolute Gasteiger partial charge is 0.504 e. The molecule has 4 atom stereocenters. The van der Waals surface area contributed by atoms with Gasteiger partial charge in [0, 0.05) is 0 Å². The summed E-state index contributed by atoms with van der Waals surface area (Å²) in [5, 5.41) is 47.1. The fourth-order valence-corrected chi connectivity index (χ4v) is 2.10. The highest BCUT2D eigenvalue weighted by atomic mass is 16.6. The zero-order valence-electron chi connectivity index (χ0n) is 12.6. The van der Waals surface area contributed by atoms with Crippen LogP contribution in [0.2, 0.25) is 0 Å². The lowest BCUT2D eigenvalue weighted by molar-refractivity contribution is -0.165. The Morgan fingerprint density at radius 3 is 2.16 bits per heavy atom. The van der Waals surface area contributed by atoms with Gasteiger partial charge < -0.3 is 39.7 Å². The Kier molecular flexibility index (Phi) is 4.99. The molecule has 1 aliphatic rings. The number of ether oxygens (including phenoxy) is 3. The lowest BCUT2D eigenvalue weighted by Gasteiger charge is -2.22. The van der Waals surface area contributed by atoms with Gasteiger partial charge in [0.05, 0.1) is 12.7 Å². The van der Waals surface area contributed by atoms with Crippen LogP contribution in [0.25, 0.3) is 0 Å². The van der Waals surface area contributed by atoms with E-state index in [1.807, 2.05) is 0 Å². The molecule has 1 aromatic carbocycles. The van der Waals surface area contributed by atoms with Crippen LogP contribution in [0.5, 0.6) is 17.2 Å². The first kappa shape index (κ1) is 18.3.